The van der Waals surface area contributed by atoms with E-state index in [2.05, 4.69) is 24.1 Å². The summed E-state index contributed by atoms with van der Waals surface area (Å²) in [6.07, 6.45) is 4.30. The molecule has 1 aromatic rings. The van der Waals surface area contributed by atoms with Crippen LogP contribution in [0, 0.1) is 0 Å². The lowest BCUT2D eigenvalue weighted by Gasteiger charge is -2.34. The van der Waals surface area contributed by atoms with Gasteiger partial charge in [-0.25, -0.2) is 0 Å². The van der Waals surface area contributed by atoms with Crippen LogP contribution >= 0.6 is 0 Å². The normalized spacial score (nSPS) is 26.5. The van der Waals surface area contributed by atoms with Crippen molar-refractivity contribution in [1.29, 1.82) is 0 Å². The van der Waals surface area contributed by atoms with Gasteiger partial charge in [0.2, 0.25) is 5.91 Å². The van der Waals surface area contributed by atoms with E-state index in [0.717, 1.165) is 19.5 Å². The van der Waals surface area contributed by atoms with Gasteiger partial charge in [0.05, 0.1) is 17.4 Å². The maximum atomic E-state index is 12.5. The van der Waals surface area contributed by atoms with Crippen molar-refractivity contribution >= 4 is 11.8 Å². The number of nitrogens with one attached hydrogen (secondary N) is 1. The van der Waals surface area contributed by atoms with Crippen LogP contribution in [0.3, 0.4) is 0 Å². The molecule has 6 heteroatoms. The molecule has 1 N–H and O–H groups in total. The summed E-state index contributed by atoms with van der Waals surface area (Å²) < 4.78 is 4.99. The summed E-state index contributed by atoms with van der Waals surface area (Å²) in [7, 11) is 0. The molecule has 22 heavy (non-hydrogen) atoms. The molecule has 1 atom stereocenters. The highest BCUT2D eigenvalue weighted by Crippen LogP contribution is 2.27. The molecule has 2 fully saturated rings. The Balaban J connectivity index is 1.75. The summed E-state index contributed by atoms with van der Waals surface area (Å²) in [5.41, 5.74) is 0.245. The Labute approximate surface area is 130 Å². The molecule has 2 amide bonds. The number of likely N-dealkylation sites (tertiary alicyclic amines) is 1. The van der Waals surface area contributed by atoms with Gasteiger partial charge in [0.25, 0.3) is 5.91 Å². The molecule has 2 aliphatic heterocycles. The molecule has 0 aromatic carbocycles. The van der Waals surface area contributed by atoms with E-state index >= 15 is 0 Å². The number of amides is 2. The van der Waals surface area contributed by atoms with E-state index < -0.39 is 0 Å². The third kappa shape index (κ3) is 2.88. The van der Waals surface area contributed by atoms with Gasteiger partial charge >= 0.3 is 0 Å². The van der Waals surface area contributed by atoms with E-state index in [1.165, 1.54) is 12.5 Å². The molecule has 1 unspecified atom stereocenters. The SMILES string of the molecule is CC(C)N1CCC(=O)NC2(CCN(C(=O)c3ccoc3)C2)C1. The molecule has 3 rings (SSSR count). The molecule has 1 aromatic heterocycles. The molecular formula is C16H23N3O3. The molecule has 2 aliphatic rings. The van der Waals surface area contributed by atoms with Gasteiger partial charge < -0.3 is 14.6 Å². The highest BCUT2D eigenvalue weighted by molar-refractivity contribution is 5.94. The van der Waals surface area contributed by atoms with Crippen molar-refractivity contribution in [3.05, 3.63) is 24.2 Å². The summed E-state index contributed by atoms with van der Waals surface area (Å²) >= 11 is 0. The maximum absolute atomic E-state index is 12.5. The molecule has 0 radical (unpaired) electrons. The van der Waals surface area contributed by atoms with Crippen molar-refractivity contribution in [3.63, 3.8) is 0 Å². The van der Waals surface area contributed by atoms with Gasteiger partial charge in [0, 0.05) is 38.6 Å². The molecule has 0 aliphatic carbocycles. The van der Waals surface area contributed by atoms with E-state index in [0.29, 0.717) is 31.1 Å². The first-order valence-corrected chi connectivity index (χ1v) is 7.86. The topological polar surface area (TPSA) is 65.8 Å². The molecule has 120 valence electrons. The minimum atomic E-state index is -0.322. The average molecular weight is 305 g/mol. The fraction of sp³-hybridized carbons (Fsp3) is 0.625. The van der Waals surface area contributed by atoms with E-state index in [9.17, 15) is 9.59 Å². The molecule has 0 bridgehead atoms. The van der Waals surface area contributed by atoms with E-state index in [1.807, 2.05) is 4.90 Å². The van der Waals surface area contributed by atoms with Crippen LogP contribution in [0.25, 0.3) is 0 Å². The standard InChI is InChI=1S/C16H23N3O3/c1-12(2)18-6-3-14(20)17-16(10-18)5-7-19(11-16)15(21)13-4-8-22-9-13/h4,8-9,12H,3,5-7,10-11H2,1-2H3,(H,17,20). The van der Waals surface area contributed by atoms with Gasteiger partial charge in [0.1, 0.15) is 6.26 Å². The van der Waals surface area contributed by atoms with Crippen molar-refractivity contribution in [2.45, 2.75) is 38.3 Å². The lowest BCUT2D eigenvalue weighted by Crippen LogP contribution is -2.55. The van der Waals surface area contributed by atoms with Gasteiger partial charge in [-0.15, -0.1) is 0 Å². The van der Waals surface area contributed by atoms with Crippen LogP contribution in [0.15, 0.2) is 23.0 Å². The highest BCUT2D eigenvalue weighted by atomic mass is 16.3. The summed E-state index contributed by atoms with van der Waals surface area (Å²) in [6.45, 7) is 7.09. The number of carbonyl (C=O) groups excluding carboxylic acids is 2. The van der Waals surface area contributed by atoms with Gasteiger partial charge in [-0.05, 0) is 26.3 Å². The number of nitrogens with zero attached hydrogens (tertiary/aromatic N) is 2. The highest BCUT2D eigenvalue weighted by Gasteiger charge is 2.44. The zero-order chi connectivity index (χ0) is 15.7. The Morgan fingerprint density at radius 3 is 2.86 bits per heavy atom. The van der Waals surface area contributed by atoms with E-state index in [1.54, 1.807) is 6.07 Å². The van der Waals surface area contributed by atoms with Crippen LogP contribution in [-0.2, 0) is 4.79 Å². The molecule has 1 spiro atoms. The predicted octanol–water partition coefficient (Wildman–Crippen LogP) is 1.09. The van der Waals surface area contributed by atoms with Crippen molar-refractivity contribution in [1.82, 2.24) is 15.1 Å². The van der Waals surface area contributed by atoms with Gasteiger partial charge in [0.15, 0.2) is 0 Å². The number of rotatable bonds is 2. The van der Waals surface area contributed by atoms with Crippen LogP contribution in [-0.4, -0.2) is 59.4 Å². The zero-order valence-electron chi connectivity index (χ0n) is 13.2. The molecule has 0 saturated carbocycles. The summed E-state index contributed by atoms with van der Waals surface area (Å²) in [5.74, 6) is 0.0565. The predicted molar refractivity (Wildman–Crippen MR) is 81.4 cm³/mol. The number of hydrogen-bond acceptors (Lipinski definition) is 4. The summed E-state index contributed by atoms with van der Waals surface area (Å²) in [6, 6.07) is 2.07. The molecular weight excluding hydrogens is 282 g/mol. The Morgan fingerprint density at radius 2 is 2.18 bits per heavy atom. The molecule has 6 nitrogen and oxygen atoms in total. The second kappa shape index (κ2) is 5.76. The quantitative estimate of drug-likeness (QED) is 0.888. The average Bonchev–Trinajstić information content (AvgIpc) is 3.09. The number of hydrogen-bond donors (Lipinski definition) is 1. The van der Waals surface area contributed by atoms with Crippen LogP contribution in [0.5, 0.6) is 0 Å². The fourth-order valence-electron chi connectivity index (χ4n) is 3.40. The monoisotopic (exact) mass is 305 g/mol. The minimum absolute atomic E-state index is 0.0276. The largest absolute Gasteiger partial charge is 0.472 e. The fourth-order valence-corrected chi connectivity index (χ4v) is 3.40. The van der Waals surface area contributed by atoms with Crippen molar-refractivity contribution in [2.75, 3.05) is 26.2 Å². The Morgan fingerprint density at radius 1 is 1.36 bits per heavy atom. The number of furan rings is 1. The first kappa shape index (κ1) is 15.1. The Kier molecular flexibility index (Phi) is 3.95. The Hall–Kier alpha value is -1.82. The molecule has 2 saturated heterocycles. The van der Waals surface area contributed by atoms with E-state index in [4.69, 9.17) is 4.42 Å². The third-order valence-corrected chi connectivity index (χ3v) is 4.68. The van der Waals surface area contributed by atoms with Crippen molar-refractivity contribution in [2.24, 2.45) is 0 Å². The van der Waals surface area contributed by atoms with Crippen LogP contribution in [0.2, 0.25) is 0 Å². The smallest absolute Gasteiger partial charge is 0.257 e. The zero-order valence-corrected chi connectivity index (χ0v) is 13.2. The summed E-state index contributed by atoms with van der Waals surface area (Å²) in [5, 5.41) is 3.17. The maximum Gasteiger partial charge on any atom is 0.257 e. The van der Waals surface area contributed by atoms with Crippen LogP contribution in [0.1, 0.15) is 37.0 Å². The second-order valence-electron chi connectivity index (χ2n) is 6.63. The molecule has 3 heterocycles. The van der Waals surface area contributed by atoms with Gasteiger partial charge in [-0.1, -0.05) is 0 Å². The van der Waals surface area contributed by atoms with Gasteiger partial charge in [-0.2, -0.15) is 0 Å². The van der Waals surface area contributed by atoms with Crippen molar-refractivity contribution < 1.29 is 14.0 Å². The third-order valence-electron chi connectivity index (χ3n) is 4.68. The first-order valence-electron chi connectivity index (χ1n) is 7.86. The summed E-state index contributed by atoms with van der Waals surface area (Å²) in [4.78, 5) is 28.7. The van der Waals surface area contributed by atoms with E-state index in [-0.39, 0.29) is 17.4 Å². The lowest BCUT2D eigenvalue weighted by atomic mass is 9.97. The first-order chi connectivity index (χ1) is 10.5. The second-order valence-corrected chi connectivity index (χ2v) is 6.63. The number of carbonyl (C=O) groups is 2. The van der Waals surface area contributed by atoms with Gasteiger partial charge in [-0.3, -0.25) is 14.5 Å². The lowest BCUT2D eigenvalue weighted by molar-refractivity contribution is -0.122. The van der Waals surface area contributed by atoms with Crippen molar-refractivity contribution in [3.8, 4) is 0 Å². The van der Waals surface area contributed by atoms with Crippen LogP contribution < -0.4 is 5.32 Å². The minimum Gasteiger partial charge on any atom is -0.472 e. The van der Waals surface area contributed by atoms with Crippen LogP contribution in [0.4, 0.5) is 0 Å². The Bertz CT molecular complexity index is 555.